The third-order valence-corrected chi connectivity index (χ3v) is 4.24. The van der Waals surface area contributed by atoms with Crippen LogP contribution in [0.2, 0.25) is 5.02 Å². The van der Waals surface area contributed by atoms with Gasteiger partial charge in [0.1, 0.15) is 5.75 Å². The van der Waals surface area contributed by atoms with Gasteiger partial charge in [0.25, 0.3) is 11.8 Å². The van der Waals surface area contributed by atoms with Crippen molar-refractivity contribution >= 4 is 52.1 Å². The minimum absolute atomic E-state index is 0.0674. The normalized spacial score (nSPS) is 10.1. The maximum atomic E-state index is 12.3. The van der Waals surface area contributed by atoms with Gasteiger partial charge in [0.15, 0.2) is 10.9 Å². The van der Waals surface area contributed by atoms with Gasteiger partial charge in [0.05, 0.1) is 19.1 Å². The fourth-order valence-electron chi connectivity index (χ4n) is 2.41. The van der Waals surface area contributed by atoms with E-state index in [2.05, 4.69) is 16.0 Å². The lowest BCUT2D eigenvalue weighted by Gasteiger charge is -2.14. The molecule has 1 aromatic heterocycles. The minimum Gasteiger partial charge on any atom is -0.495 e. The lowest BCUT2D eigenvalue weighted by molar-refractivity contribution is 0.0975. The van der Waals surface area contributed by atoms with E-state index < -0.39 is 5.91 Å². The van der Waals surface area contributed by atoms with E-state index in [0.717, 1.165) is 0 Å². The molecule has 0 fully saturated rings. The molecule has 1 heterocycles. The first-order valence-electron chi connectivity index (χ1n) is 8.37. The Kier molecular flexibility index (Phi) is 6.48. The molecule has 148 valence electrons. The second-order valence-corrected chi connectivity index (χ2v) is 6.61. The highest BCUT2D eigenvalue weighted by atomic mass is 35.5. The Bertz CT molecular complexity index is 1040. The quantitative estimate of drug-likeness (QED) is 0.523. The predicted octanol–water partition coefficient (Wildman–Crippen LogP) is 4.32. The van der Waals surface area contributed by atoms with Gasteiger partial charge in [-0.15, -0.1) is 0 Å². The number of nitrogens with one attached hydrogen (secondary N) is 3. The van der Waals surface area contributed by atoms with Crippen molar-refractivity contribution in [2.45, 2.75) is 0 Å². The number of halogens is 1. The maximum absolute atomic E-state index is 12.3. The monoisotopic (exact) mass is 429 g/mol. The summed E-state index contributed by atoms with van der Waals surface area (Å²) in [4.78, 5) is 24.4. The Morgan fingerprint density at radius 2 is 1.79 bits per heavy atom. The molecule has 2 aromatic carbocycles. The molecular formula is C20H16ClN3O4S. The molecule has 3 aromatic rings. The van der Waals surface area contributed by atoms with Crippen LogP contribution in [-0.2, 0) is 0 Å². The number of hydrogen-bond acceptors (Lipinski definition) is 5. The minimum atomic E-state index is -0.398. The molecule has 0 saturated carbocycles. The predicted molar refractivity (Wildman–Crippen MR) is 115 cm³/mol. The molecule has 29 heavy (non-hydrogen) atoms. The summed E-state index contributed by atoms with van der Waals surface area (Å²) in [7, 11) is 1.50. The lowest BCUT2D eigenvalue weighted by atomic mass is 10.2. The first-order chi connectivity index (χ1) is 14.0. The smallest absolute Gasteiger partial charge is 0.291 e. The molecule has 0 bridgehead atoms. The number of carbonyl (C=O) groups is 2. The van der Waals surface area contributed by atoms with Crippen molar-refractivity contribution in [3.05, 3.63) is 77.2 Å². The number of ether oxygens (including phenoxy) is 1. The van der Waals surface area contributed by atoms with Gasteiger partial charge >= 0.3 is 0 Å². The van der Waals surface area contributed by atoms with Crippen molar-refractivity contribution in [3.63, 3.8) is 0 Å². The number of amides is 2. The van der Waals surface area contributed by atoms with Crippen LogP contribution in [0.25, 0.3) is 0 Å². The van der Waals surface area contributed by atoms with Crippen molar-refractivity contribution in [1.82, 2.24) is 5.32 Å². The molecular weight excluding hydrogens is 414 g/mol. The van der Waals surface area contributed by atoms with Crippen LogP contribution in [0.15, 0.2) is 65.3 Å². The van der Waals surface area contributed by atoms with Gasteiger partial charge in [-0.25, -0.2) is 0 Å². The summed E-state index contributed by atoms with van der Waals surface area (Å²) >= 11 is 11.0. The standard InChI is InChI=1S/C20H16ClN3O4S/c1-27-16-9-8-14(22-19(26)17-3-2-10-28-17)11-15(16)23-20(29)24-18(25)12-4-6-13(21)7-5-12/h2-11H,1H3,(H,22,26)(H2,23,24,25,29). The molecule has 0 atom stereocenters. The van der Waals surface area contributed by atoms with Crippen LogP contribution in [-0.4, -0.2) is 24.0 Å². The van der Waals surface area contributed by atoms with Gasteiger partial charge in [-0.3, -0.25) is 14.9 Å². The number of methoxy groups -OCH3 is 1. The van der Waals surface area contributed by atoms with Crippen LogP contribution < -0.4 is 20.7 Å². The van der Waals surface area contributed by atoms with Crippen molar-refractivity contribution in [1.29, 1.82) is 0 Å². The number of thiocarbonyl (C=S) groups is 1. The van der Waals surface area contributed by atoms with Crippen molar-refractivity contribution in [2.75, 3.05) is 17.7 Å². The number of benzene rings is 2. The topological polar surface area (TPSA) is 92.6 Å². The Labute approximate surface area is 177 Å². The van der Waals surface area contributed by atoms with E-state index in [4.69, 9.17) is 33.0 Å². The van der Waals surface area contributed by atoms with Crippen LogP contribution in [0.3, 0.4) is 0 Å². The SMILES string of the molecule is COc1ccc(NC(=O)c2ccco2)cc1NC(=S)NC(=O)c1ccc(Cl)cc1. The fourth-order valence-corrected chi connectivity index (χ4v) is 2.74. The van der Waals surface area contributed by atoms with Gasteiger partial charge in [0.2, 0.25) is 0 Å². The van der Waals surface area contributed by atoms with E-state index in [0.29, 0.717) is 27.7 Å². The molecule has 0 radical (unpaired) electrons. The lowest BCUT2D eigenvalue weighted by Crippen LogP contribution is -2.34. The molecule has 9 heteroatoms. The zero-order valence-electron chi connectivity index (χ0n) is 15.2. The van der Waals surface area contributed by atoms with Gasteiger partial charge < -0.3 is 19.8 Å². The number of anilines is 2. The van der Waals surface area contributed by atoms with Gasteiger partial charge in [-0.2, -0.15) is 0 Å². The highest BCUT2D eigenvalue weighted by molar-refractivity contribution is 7.80. The van der Waals surface area contributed by atoms with Crippen LogP contribution >= 0.6 is 23.8 Å². The summed E-state index contributed by atoms with van der Waals surface area (Å²) in [6.07, 6.45) is 1.41. The highest BCUT2D eigenvalue weighted by Crippen LogP contribution is 2.28. The Morgan fingerprint density at radius 3 is 2.45 bits per heavy atom. The molecule has 0 unspecified atom stereocenters. The number of carbonyl (C=O) groups excluding carboxylic acids is 2. The molecule has 3 N–H and O–H groups in total. The number of hydrogen-bond donors (Lipinski definition) is 3. The van der Waals surface area contributed by atoms with Gasteiger partial charge in [0, 0.05) is 16.3 Å². The molecule has 0 spiro atoms. The summed E-state index contributed by atoms with van der Waals surface area (Å²) < 4.78 is 10.4. The number of furan rings is 1. The Hall–Kier alpha value is -3.36. The molecule has 0 saturated heterocycles. The van der Waals surface area contributed by atoms with E-state index in [1.165, 1.54) is 13.4 Å². The fraction of sp³-hybridized carbons (Fsp3) is 0.0500. The average Bonchev–Trinajstić information content (AvgIpc) is 3.23. The van der Waals surface area contributed by atoms with E-state index in [1.807, 2.05) is 0 Å². The van der Waals surface area contributed by atoms with E-state index in [-0.39, 0.29) is 16.8 Å². The van der Waals surface area contributed by atoms with E-state index in [1.54, 1.807) is 54.6 Å². The summed E-state index contributed by atoms with van der Waals surface area (Å²) in [5, 5.41) is 8.78. The maximum Gasteiger partial charge on any atom is 0.291 e. The van der Waals surface area contributed by atoms with Crippen molar-refractivity contribution < 1.29 is 18.7 Å². The second-order valence-electron chi connectivity index (χ2n) is 5.76. The zero-order chi connectivity index (χ0) is 20.8. The summed E-state index contributed by atoms with van der Waals surface area (Å²) in [6.45, 7) is 0. The Balaban J connectivity index is 1.69. The highest BCUT2D eigenvalue weighted by Gasteiger charge is 2.13. The molecule has 7 nitrogen and oxygen atoms in total. The molecule has 2 amide bonds. The summed E-state index contributed by atoms with van der Waals surface area (Å²) in [6, 6.07) is 14.5. The van der Waals surface area contributed by atoms with Crippen molar-refractivity contribution in [3.8, 4) is 5.75 Å². The number of rotatable bonds is 5. The second kappa shape index (κ2) is 9.22. The third kappa shape index (κ3) is 5.34. The van der Waals surface area contributed by atoms with Crippen LogP contribution in [0.1, 0.15) is 20.9 Å². The first-order valence-corrected chi connectivity index (χ1v) is 9.15. The average molecular weight is 430 g/mol. The molecule has 0 aliphatic heterocycles. The first kappa shape index (κ1) is 20.4. The summed E-state index contributed by atoms with van der Waals surface area (Å²) in [5.74, 6) is -0.129. The third-order valence-electron chi connectivity index (χ3n) is 3.78. The van der Waals surface area contributed by atoms with Crippen LogP contribution in [0.4, 0.5) is 11.4 Å². The molecule has 0 aliphatic carbocycles. The van der Waals surface area contributed by atoms with Gasteiger partial charge in [-0.05, 0) is 66.8 Å². The summed E-state index contributed by atoms with van der Waals surface area (Å²) in [5.41, 5.74) is 1.36. The van der Waals surface area contributed by atoms with E-state index >= 15 is 0 Å². The van der Waals surface area contributed by atoms with E-state index in [9.17, 15) is 9.59 Å². The van der Waals surface area contributed by atoms with Crippen molar-refractivity contribution in [2.24, 2.45) is 0 Å². The van der Waals surface area contributed by atoms with Crippen LogP contribution in [0.5, 0.6) is 5.75 Å². The van der Waals surface area contributed by atoms with Crippen LogP contribution in [0, 0.1) is 0 Å². The zero-order valence-corrected chi connectivity index (χ0v) is 16.8. The molecule has 3 rings (SSSR count). The largest absolute Gasteiger partial charge is 0.495 e. The molecule has 0 aliphatic rings. The van der Waals surface area contributed by atoms with Gasteiger partial charge in [-0.1, -0.05) is 11.6 Å². The Morgan fingerprint density at radius 1 is 1.03 bits per heavy atom.